The Morgan fingerprint density at radius 3 is 3.18 bits per heavy atom. The first kappa shape index (κ1) is 6.53. The molecule has 0 aromatic rings. The molecule has 2 atom stereocenters. The van der Waals surface area contributed by atoms with Crippen molar-refractivity contribution in [2.75, 3.05) is 0 Å². The van der Waals surface area contributed by atoms with Gasteiger partial charge in [-0.15, -0.1) is 0 Å². The molecule has 2 N–H and O–H groups in total. The van der Waals surface area contributed by atoms with Crippen LogP contribution < -0.4 is 5.32 Å². The standard InChI is InChI=1S/C9H11NO/c1-6-4-7-2-3-10-9(7)8(11)5-6/h2-5,7,9-11H,1H3. The van der Waals surface area contributed by atoms with Gasteiger partial charge in [0.05, 0.1) is 6.04 Å². The number of hydrogen-bond acceptors (Lipinski definition) is 2. The largest absolute Gasteiger partial charge is 0.510 e. The number of hydrogen-bond donors (Lipinski definition) is 2. The molecule has 0 saturated carbocycles. The predicted molar refractivity (Wildman–Crippen MR) is 44.0 cm³/mol. The van der Waals surface area contributed by atoms with E-state index < -0.39 is 0 Å². The maximum absolute atomic E-state index is 9.47. The summed E-state index contributed by atoms with van der Waals surface area (Å²) in [5, 5.41) is 12.6. The Bertz CT molecular complexity index is 263. The smallest absolute Gasteiger partial charge is 0.116 e. The fourth-order valence-corrected chi connectivity index (χ4v) is 1.60. The maximum atomic E-state index is 9.47. The lowest BCUT2D eigenvalue weighted by molar-refractivity contribution is 0.338. The fraction of sp³-hybridized carbons (Fsp3) is 0.333. The third-order valence-corrected chi connectivity index (χ3v) is 2.13. The van der Waals surface area contributed by atoms with Gasteiger partial charge in [-0.2, -0.15) is 0 Å². The zero-order chi connectivity index (χ0) is 7.84. The molecule has 2 nitrogen and oxygen atoms in total. The normalized spacial score (nSPS) is 33.9. The fourth-order valence-electron chi connectivity index (χ4n) is 1.60. The molecule has 2 rings (SSSR count). The summed E-state index contributed by atoms with van der Waals surface area (Å²) in [6, 6.07) is 0.0960. The van der Waals surface area contributed by atoms with E-state index in [1.807, 2.05) is 13.1 Å². The van der Waals surface area contributed by atoms with Gasteiger partial charge in [-0.25, -0.2) is 0 Å². The number of fused-ring (bicyclic) bond motifs is 1. The van der Waals surface area contributed by atoms with Crippen molar-refractivity contribution in [1.82, 2.24) is 5.32 Å². The first-order chi connectivity index (χ1) is 5.27. The van der Waals surface area contributed by atoms with Crippen molar-refractivity contribution in [3.05, 3.63) is 35.8 Å². The van der Waals surface area contributed by atoms with Gasteiger partial charge in [0.2, 0.25) is 0 Å². The second-order valence-corrected chi connectivity index (χ2v) is 3.06. The second-order valence-electron chi connectivity index (χ2n) is 3.06. The van der Waals surface area contributed by atoms with Crippen molar-refractivity contribution in [3.63, 3.8) is 0 Å². The highest BCUT2D eigenvalue weighted by Crippen LogP contribution is 2.25. The van der Waals surface area contributed by atoms with Gasteiger partial charge in [-0.3, -0.25) is 0 Å². The Hall–Kier alpha value is -1.18. The molecular formula is C9H11NO. The van der Waals surface area contributed by atoms with E-state index in [1.165, 1.54) is 0 Å². The molecule has 0 spiro atoms. The minimum Gasteiger partial charge on any atom is -0.510 e. The molecule has 2 unspecified atom stereocenters. The van der Waals surface area contributed by atoms with Crippen LogP contribution in [0.3, 0.4) is 0 Å². The molecule has 1 aliphatic heterocycles. The molecular weight excluding hydrogens is 138 g/mol. The van der Waals surface area contributed by atoms with Crippen molar-refractivity contribution in [1.29, 1.82) is 0 Å². The van der Waals surface area contributed by atoms with E-state index in [0.717, 1.165) is 5.57 Å². The predicted octanol–water partition coefficient (Wildman–Crippen LogP) is 1.49. The number of nitrogens with one attached hydrogen (secondary N) is 1. The molecule has 2 heteroatoms. The number of aliphatic hydroxyl groups is 1. The van der Waals surface area contributed by atoms with Gasteiger partial charge >= 0.3 is 0 Å². The molecule has 0 fully saturated rings. The Labute approximate surface area is 65.9 Å². The third-order valence-electron chi connectivity index (χ3n) is 2.13. The molecule has 58 valence electrons. The van der Waals surface area contributed by atoms with Crippen molar-refractivity contribution in [2.24, 2.45) is 5.92 Å². The van der Waals surface area contributed by atoms with Crippen molar-refractivity contribution in [2.45, 2.75) is 13.0 Å². The van der Waals surface area contributed by atoms with Crippen LogP contribution in [0, 0.1) is 5.92 Å². The summed E-state index contributed by atoms with van der Waals surface area (Å²) < 4.78 is 0. The molecule has 1 aliphatic carbocycles. The topological polar surface area (TPSA) is 32.3 Å². The van der Waals surface area contributed by atoms with Gasteiger partial charge in [0.15, 0.2) is 0 Å². The van der Waals surface area contributed by atoms with E-state index >= 15 is 0 Å². The Morgan fingerprint density at radius 2 is 2.36 bits per heavy atom. The van der Waals surface area contributed by atoms with E-state index in [9.17, 15) is 5.11 Å². The van der Waals surface area contributed by atoms with Gasteiger partial charge < -0.3 is 10.4 Å². The maximum Gasteiger partial charge on any atom is 0.116 e. The lowest BCUT2D eigenvalue weighted by atomic mass is 9.93. The third kappa shape index (κ3) is 0.946. The van der Waals surface area contributed by atoms with Crippen LogP contribution in [0.25, 0.3) is 0 Å². The molecule has 0 saturated heterocycles. The Morgan fingerprint density at radius 1 is 1.55 bits per heavy atom. The van der Waals surface area contributed by atoms with E-state index in [-0.39, 0.29) is 6.04 Å². The quantitative estimate of drug-likeness (QED) is 0.547. The van der Waals surface area contributed by atoms with Crippen molar-refractivity contribution < 1.29 is 5.11 Å². The average Bonchev–Trinajstić information content (AvgIpc) is 2.34. The zero-order valence-corrected chi connectivity index (χ0v) is 6.41. The molecule has 11 heavy (non-hydrogen) atoms. The van der Waals surface area contributed by atoms with E-state index in [0.29, 0.717) is 11.7 Å². The number of rotatable bonds is 0. The van der Waals surface area contributed by atoms with E-state index in [2.05, 4.69) is 17.5 Å². The van der Waals surface area contributed by atoms with E-state index in [1.54, 1.807) is 6.08 Å². The summed E-state index contributed by atoms with van der Waals surface area (Å²) in [6.45, 7) is 2.00. The van der Waals surface area contributed by atoms with Crippen LogP contribution in [-0.4, -0.2) is 11.1 Å². The van der Waals surface area contributed by atoms with Gasteiger partial charge in [0, 0.05) is 5.92 Å². The van der Waals surface area contributed by atoms with Crippen LogP contribution >= 0.6 is 0 Å². The Kier molecular flexibility index (Phi) is 1.28. The highest BCUT2D eigenvalue weighted by atomic mass is 16.3. The summed E-state index contributed by atoms with van der Waals surface area (Å²) in [4.78, 5) is 0. The molecule has 0 aromatic heterocycles. The van der Waals surface area contributed by atoms with Crippen LogP contribution in [-0.2, 0) is 0 Å². The average molecular weight is 149 g/mol. The molecule has 0 amide bonds. The first-order valence-corrected chi connectivity index (χ1v) is 3.79. The highest BCUT2D eigenvalue weighted by molar-refractivity contribution is 5.33. The molecule has 0 aromatic carbocycles. The second kappa shape index (κ2) is 2.16. The summed E-state index contributed by atoms with van der Waals surface area (Å²) in [5.74, 6) is 0.792. The summed E-state index contributed by atoms with van der Waals surface area (Å²) in [5.41, 5.74) is 1.14. The van der Waals surface area contributed by atoms with Gasteiger partial charge in [-0.1, -0.05) is 17.7 Å². The molecule has 0 bridgehead atoms. The zero-order valence-electron chi connectivity index (χ0n) is 6.41. The van der Waals surface area contributed by atoms with Crippen molar-refractivity contribution in [3.8, 4) is 0 Å². The van der Waals surface area contributed by atoms with Crippen LogP contribution in [0.15, 0.2) is 35.8 Å². The summed E-state index contributed by atoms with van der Waals surface area (Å²) in [6.07, 6.45) is 7.92. The van der Waals surface area contributed by atoms with Gasteiger partial charge in [-0.05, 0) is 19.2 Å². The summed E-state index contributed by atoms with van der Waals surface area (Å²) >= 11 is 0. The van der Waals surface area contributed by atoms with Crippen LogP contribution in [0.1, 0.15) is 6.92 Å². The number of allylic oxidation sites excluding steroid dienone is 2. The van der Waals surface area contributed by atoms with Crippen LogP contribution in [0.5, 0.6) is 0 Å². The van der Waals surface area contributed by atoms with Crippen LogP contribution in [0.2, 0.25) is 0 Å². The SMILES string of the molecule is CC1=CC2C=CNC2C(O)=C1. The van der Waals surface area contributed by atoms with Crippen LogP contribution in [0.4, 0.5) is 0 Å². The molecule has 0 radical (unpaired) electrons. The lowest BCUT2D eigenvalue weighted by Gasteiger charge is -2.20. The Balaban J connectivity index is 2.33. The van der Waals surface area contributed by atoms with Gasteiger partial charge in [0.25, 0.3) is 0 Å². The minimum atomic E-state index is 0.0960. The lowest BCUT2D eigenvalue weighted by Crippen LogP contribution is -2.29. The summed E-state index contributed by atoms with van der Waals surface area (Å²) in [7, 11) is 0. The van der Waals surface area contributed by atoms with Crippen molar-refractivity contribution >= 4 is 0 Å². The number of aliphatic hydroxyl groups excluding tert-OH is 1. The molecule has 2 aliphatic rings. The molecule has 1 heterocycles. The van der Waals surface area contributed by atoms with E-state index in [4.69, 9.17) is 0 Å². The van der Waals surface area contributed by atoms with Gasteiger partial charge in [0.1, 0.15) is 5.76 Å². The minimum absolute atomic E-state index is 0.0960. The highest BCUT2D eigenvalue weighted by Gasteiger charge is 2.26. The monoisotopic (exact) mass is 149 g/mol. The first-order valence-electron chi connectivity index (χ1n) is 3.79.